The summed E-state index contributed by atoms with van der Waals surface area (Å²) in [5, 5.41) is 15.6. The lowest BCUT2D eigenvalue weighted by atomic mass is 9.97. The first-order valence-electron chi connectivity index (χ1n) is 10.7. The van der Waals surface area contributed by atoms with Gasteiger partial charge in [-0.05, 0) is 67.3 Å². The first-order valence-corrected chi connectivity index (χ1v) is 10.7. The first-order chi connectivity index (χ1) is 16.1. The van der Waals surface area contributed by atoms with Crippen molar-refractivity contribution in [2.75, 3.05) is 11.1 Å². The smallest absolute Gasteiger partial charge is 0.257 e. The molecule has 0 aliphatic heterocycles. The number of rotatable bonds is 7. The van der Waals surface area contributed by atoms with Crippen LogP contribution in [0, 0.1) is 11.6 Å². The van der Waals surface area contributed by atoms with E-state index in [1.165, 1.54) is 0 Å². The fourth-order valence-electron chi connectivity index (χ4n) is 3.49. The maximum atomic E-state index is 13.4. The summed E-state index contributed by atoms with van der Waals surface area (Å²) in [4.78, 5) is 29.1. The van der Waals surface area contributed by atoms with Gasteiger partial charge in [-0.2, -0.15) is 0 Å². The highest BCUT2D eigenvalue weighted by Crippen LogP contribution is 2.29. The molecule has 0 radical (unpaired) electrons. The summed E-state index contributed by atoms with van der Waals surface area (Å²) in [7, 11) is 0. The van der Waals surface area contributed by atoms with Gasteiger partial charge in [-0.15, -0.1) is 0 Å². The highest BCUT2D eigenvalue weighted by Gasteiger charge is 2.20. The molecule has 1 heterocycles. The number of nitrogens with two attached hydrogens (primary N) is 1. The van der Waals surface area contributed by atoms with E-state index in [4.69, 9.17) is 5.73 Å². The molecule has 0 unspecified atom stereocenters. The van der Waals surface area contributed by atoms with Gasteiger partial charge in [0.25, 0.3) is 11.8 Å². The minimum absolute atomic E-state index is 0.0659. The highest BCUT2D eigenvalue weighted by atomic mass is 19.1. The summed E-state index contributed by atoms with van der Waals surface area (Å²) in [6, 6.07) is 9.14. The molecule has 2 aromatic carbocycles. The Balaban J connectivity index is 1.86. The standard InChI is InChI=1S/C25H26F2N4O3/c1-4-14-9-19(31-25(34)22(32)15-7-17(26)11-18(27)8-15)5-6-20(14)16-10-21(23(28)29-12-16)24(33)30-13(2)3/h5-13,22,32H,4H2,1-3H3,(H2,28,29)(H,30,33)(H,31,34)/t22-/m0/s1. The molecule has 5 N–H and O–H groups in total. The summed E-state index contributed by atoms with van der Waals surface area (Å²) in [6.07, 6.45) is 0.406. The SMILES string of the molecule is CCc1cc(NC(=O)[C@@H](O)c2cc(F)cc(F)c2)ccc1-c1cnc(N)c(C(=O)NC(C)C)c1. The third kappa shape index (κ3) is 5.74. The van der Waals surface area contributed by atoms with Crippen LogP contribution in [-0.2, 0) is 11.2 Å². The predicted molar refractivity (Wildman–Crippen MR) is 126 cm³/mol. The minimum atomic E-state index is -1.75. The van der Waals surface area contributed by atoms with Gasteiger partial charge in [0.05, 0.1) is 5.56 Å². The van der Waals surface area contributed by atoms with Crippen LogP contribution < -0.4 is 16.4 Å². The molecular formula is C25H26F2N4O3. The number of amides is 2. The van der Waals surface area contributed by atoms with E-state index in [2.05, 4.69) is 15.6 Å². The van der Waals surface area contributed by atoms with Crippen LogP contribution in [0.15, 0.2) is 48.7 Å². The van der Waals surface area contributed by atoms with Gasteiger partial charge in [-0.1, -0.05) is 13.0 Å². The fourth-order valence-corrected chi connectivity index (χ4v) is 3.49. The molecule has 0 saturated heterocycles. The van der Waals surface area contributed by atoms with Gasteiger partial charge in [0, 0.05) is 29.6 Å². The molecule has 2 amide bonds. The minimum Gasteiger partial charge on any atom is -0.383 e. The Morgan fingerprint density at radius 2 is 1.76 bits per heavy atom. The summed E-state index contributed by atoms with van der Waals surface area (Å²) in [6.45, 7) is 5.61. The van der Waals surface area contributed by atoms with Gasteiger partial charge in [0.2, 0.25) is 0 Å². The number of carbonyl (C=O) groups is 2. The zero-order valence-electron chi connectivity index (χ0n) is 19.0. The molecule has 0 aliphatic carbocycles. The van der Waals surface area contributed by atoms with Crippen LogP contribution in [-0.4, -0.2) is 27.9 Å². The Labute approximate surface area is 196 Å². The number of anilines is 2. The van der Waals surface area contributed by atoms with Crippen LogP contribution in [0.1, 0.15) is 48.4 Å². The largest absolute Gasteiger partial charge is 0.383 e. The molecule has 3 aromatic rings. The van der Waals surface area contributed by atoms with E-state index < -0.39 is 23.6 Å². The second-order valence-corrected chi connectivity index (χ2v) is 8.11. The van der Waals surface area contributed by atoms with Gasteiger partial charge in [0.1, 0.15) is 17.5 Å². The maximum Gasteiger partial charge on any atom is 0.257 e. The molecule has 0 spiro atoms. The van der Waals surface area contributed by atoms with Crippen molar-refractivity contribution in [1.82, 2.24) is 10.3 Å². The van der Waals surface area contributed by atoms with Crippen LogP contribution in [0.4, 0.5) is 20.3 Å². The summed E-state index contributed by atoms with van der Waals surface area (Å²) < 4.78 is 26.9. The second kappa shape index (κ2) is 10.4. The number of nitrogen functional groups attached to an aromatic ring is 1. The van der Waals surface area contributed by atoms with E-state index in [9.17, 15) is 23.5 Å². The third-order valence-corrected chi connectivity index (χ3v) is 5.10. The van der Waals surface area contributed by atoms with E-state index in [-0.39, 0.29) is 28.9 Å². The van der Waals surface area contributed by atoms with Crippen molar-refractivity contribution >= 4 is 23.3 Å². The number of hydrogen-bond donors (Lipinski definition) is 4. The number of aromatic nitrogens is 1. The summed E-state index contributed by atoms with van der Waals surface area (Å²) >= 11 is 0. The molecule has 0 saturated carbocycles. The van der Waals surface area contributed by atoms with Gasteiger partial charge in [0.15, 0.2) is 6.10 Å². The Morgan fingerprint density at radius 3 is 2.38 bits per heavy atom. The second-order valence-electron chi connectivity index (χ2n) is 8.11. The van der Waals surface area contributed by atoms with E-state index in [1.54, 1.807) is 30.5 Å². The summed E-state index contributed by atoms with van der Waals surface area (Å²) in [5.74, 6) is -2.82. The topological polar surface area (TPSA) is 117 Å². The van der Waals surface area contributed by atoms with Crippen molar-refractivity contribution in [1.29, 1.82) is 0 Å². The van der Waals surface area contributed by atoms with Gasteiger partial charge in [-0.25, -0.2) is 13.8 Å². The molecule has 34 heavy (non-hydrogen) atoms. The molecule has 1 atom stereocenters. The first kappa shape index (κ1) is 24.8. The number of hydrogen-bond acceptors (Lipinski definition) is 5. The predicted octanol–water partition coefficient (Wildman–Crippen LogP) is 3.98. The average Bonchev–Trinajstić information content (AvgIpc) is 2.77. The van der Waals surface area contributed by atoms with Crippen LogP contribution in [0.2, 0.25) is 0 Å². The molecule has 9 heteroatoms. The van der Waals surface area contributed by atoms with Crippen molar-refractivity contribution in [3.63, 3.8) is 0 Å². The number of aliphatic hydroxyl groups excluding tert-OH is 1. The van der Waals surface area contributed by atoms with E-state index in [0.29, 0.717) is 23.7 Å². The summed E-state index contributed by atoms with van der Waals surface area (Å²) in [5.41, 5.74) is 8.66. The van der Waals surface area contributed by atoms with Crippen LogP contribution in [0.25, 0.3) is 11.1 Å². The number of carbonyl (C=O) groups excluding carboxylic acids is 2. The maximum absolute atomic E-state index is 13.4. The number of aryl methyl sites for hydroxylation is 1. The Morgan fingerprint density at radius 1 is 1.09 bits per heavy atom. The molecule has 0 fully saturated rings. The Hall–Kier alpha value is -3.85. The number of halogens is 2. The third-order valence-electron chi connectivity index (χ3n) is 5.10. The number of benzene rings is 2. The fraction of sp³-hybridized carbons (Fsp3) is 0.240. The number of nitrogens with one attached hydrogen (secondary N) is 2. The quantitative estimate of drug-likeness (QED) is 0.418. The van der Waals surface area contributed by atoms with Crippen molar-refractivity contribution < 1.29 is 23.5 Å². The molecular weight excluding hydrogens is 442 g/mol. The van der Waals surface area contributed by atoms with Crippen molar-refractivity contribution in [2.45, 2.75) is 39.3 Å². The Kier molecular flexibility index (Phi) is 7.57. The molecule has 3 rings (SSSR count). The number of aliphatic hydroxyl groups is 1. The lowest BCUT2D eigenvalue weighted by Gasteiger charge is -2.15. The van der Waals surface area contributed by atoms with Crippen molar-refractivity contribution in [2.24, 2.45) is 0 Å². The van der Waals surface area contributed by atoms with Crippen molar-refractivity contribution in [3.8, 4) is 11.1 Å². The van der Waals surface area contributed by atoms with Crippen LogP contribution in [0.3, 0.4) is 0 Å². The molecule has 178 valence electrons. The zero-order chi connectivity index (χ0) is 25.0. The average molecular weight is 469 g/mol. The molecule has 0 bridgehead atoms. The van der Waals surface area contributed by atoms with E-state index in [0.717, 1.165) is 23.3 Å². The number of pyridine rings is 1. The lowest BCUT2D eigenvalue weighted by molar-refractivity contribution is -0.124. The lowest BCUT2D eigenvalue weighted by Crippen LogP contribution is -2.30. The molecule has 7 nitrogen and oxygen atoms in total. The number of nitrogens with zero attached hydrogens (tertiary/aromatic N) is 1. The normalized spacial score (nSPS) is 11.9. The molecule has 1 aromatic heterocycles. The van der Waals surface area contributed by atoms with Gasteiger partial charge >= 0.3 is 0 Å². The zero-order valence-corrected chi connectivity index (χ0v) is 19.0. The van der Waals surface area contributed by atoms with Gasteiger partial charge < -0.3 is 21.5 Å². The van der Waals surface area contributed by atoms with Gasteiger partial charge in [-0.3, -0.25) is 9.59 Å². The Bertz CT molecular complexity index is 1210. The van der Waals surface area contributed by atoms with Crippen LogP contribution >= 0.6 is 0 Å². The van der Waals surface area contributed by atoms with E-state index in [1.807, 2.05) is 20.8 Å². The molecule has 0 aliphatic rings. The van der Waals surface area contributed by atoms with Crippen molar-refractivity contribution in [3.05, 3.63) is 77.0 Å². The highest BCUT2D eigenvalue weighted by molar-refractivity contribution is 6.00. The monoisotopic (exact) mass is 468 g/mol. The van der Waals surface area contributed by atoms with E-state index >= 15 is 0 Å². The van der Waals surface area contributed by atoms with Crippen LogP contribution in [0.5, 0.6) is 0 Å².